The summed E-state index contributed by atoms with van der Waals surface area (Å²) in [5.41, 5.74) is -3.82. The first kappa shape index (κ1) is 18.5. The zero-order valence-electron chi connectivity index (χ0n) is 11.1. The number of benzene rings is 1. The van der Waals surface area contributed by atoms with E-state index in [1.165, 1.54) is 18.2 Å². The Bertz CT molecular complexity index is 726. The van der Waals surface area contributed by atoms with Crippen LogP contribution in [0.3, 0.4) is 0 Å². The predicted molar refractivity (Wildman–Crippen MR) is 78.6 cm³/mol. The van der Waals surface area contributed by atoms with Crippen LogP contribution in [0.4, 0.5) is 26.3 Å². The van der Waals surface area contributed by atoms with Crippen molar-refractivity contribution < 1.29 is 26.3 Å². The van der Waals surface area contributed by atoms with E-state index >= 15 is 0 Å². The Kier molecular flexibility index (Phi) is 4.74. The first-order valence-corrected chi connectivity index (χ1v) is 7.38. The lowest BCUT2D eigenvalue weighted by Crippen LogP contribution is -2.18. The van der Waals surface area contributed by atoms with Crippen LogP contribution in [0.15, 0.2) is 22.7 Å². The fourth-order valence-electron chi connectivity index (χ4n) is 2.20. The molecule has 0 atom stereocenters. The first-order chi connectivity index (χ1) is 10.4. The second-order valence-corrected chi connectivity index (χ2v) is 6.18. The molecular formula is C13H6BrCl2F6N. The highest BCUT2D eigenvalue weighted by Crippen LogP contribution is 2.49. The van der Waals surface area contributed by atoms with Crippen molar-refractivity contribution in [1.29, 1.82) is 0 Å². The Morgan fingerprint density at radius 1 is 0.957 bits per heavy atom. The van der Waals surface area contributed by atoms with Gasteiger partial charge in [-0.05, 0) is 28.1 Å². The second-order valence-electron chi connectivity index (χ2n) is 4.57. The molecule has 0 radical (unpaired) electrons. The Hall–Kier alpha value is -0.860. The van der Waals surface area contributed by atoms with Crippen LogP contribution in [0, 0.1) is 0 Å². The minimum absolute atomic E-state index is 0.0133. The fraction of sp³-hybridized carbons (Fsp3) is 0.231. The highest BCUT2D eigenvalue weighted by Gasteiger charge is 2.49. The van der Waals surface area contributed by atoms with Crippen LogP contribution in [0.5, 0.6) is 0 Å². The Morgan fingerprint density at radius 2 is 1.52 bits per heavy atom. The Balaban J connectivity index is 2.86. The van der Waals surface area contributed by atoms with Crippen LogP contribution >= 0.6 is 39.1 Å². The average molecular weight is 441 g/mol. The number of rotatable bonds is 1. The maximum atomic E-state index is 13.1. The lowest BCUT2D eigenvalue weighted by atomic mass is 10.1. The molecule has 0 N–H and O–H groups in total. The highest BCUT2D eigenvalue weighted by atomic mass is 79.9. The monoisotopic (exact) mass is 439 g/mol. The van der Waals surface area contributed by atoms with E-state index in [0.29, 0.717) is 4.57 Å². The van der Waals surface area contributed by atoms with Crippen molar-refractivity contribution in [1.82, 2.24) is 4.57 Å². The molecule has 0 unspecified atom stereocenters. The fourth-order valence-corrected chi connectivity index (χ4v) is 3.41. The van der Waals surface area contributed by atoms with E-state index in [9.17, 15) is 26.3 Å². The Labute approximate surface area is 144 Å². The van der Waals surface area contributed by atoms with Crippen molar-refractivity contribution in [3.05, 3.63) is 44.0 Å². The second kappa shape index (κ2) is 5.89. The molecule has 0 amide bonds. The smallest absolute Gasteiger partial charge is 0.339 e. The van der Waals surface area contributed by atoms with Gasteiger partial charge in [-0.25, -0.2) is 0 Å². The summed E-state index contributed by atoms with van der Waals surface area (Å²) >= 11 is 14.2. The van der Waals surface area contributed by atoms with E-state index in [4.69, 9.17) is 23.2 Å². The molecule has 10 heteroatoms. The minimum Gasteiger partial charge on any atom is -0.339 e. The van der Waals surface area contributed by atoms with Crippen molar-refractivity contribution >= 4 is 39.1 Å². The molecule has 0 aliphatic rings. The molecule has 2 aromatic rings. The number of alkyl halides is 6. The van der Waals surface area contributed by atoms with Crippen molar-refractivity contribution in [2.45, 2.75) is 12.4 Å². The van der Waals surface area contributed by atoms with Crippen LogP contribution in [-0.4, -0.2) is 4.57 Å². The van der Waals surface area contributed by atoms with Crippen LogP contribution in [0.25, 0.3) is 11.3 Å². The summed E-state index contributed by atoms with van der Waals surface area (Å²) in [5, 5.41) is 0.146. The highest BCUT2D eigenvalue weighted by molar-refractivity contribution is 9.10. The molecule has 23 heavy (non-hydrogen) atoms. The molecule has 0 fully saturated rings. The summed E-state index contributed by atoms with van der Waals surface area (Å²) in [6, 6.07) is 3.78. The zero-order chi connectivity index (χ0) is 17.7. The molecule has 1 heterocycles. The zero-order valence-corrected chi connectivity index (χ0v) is 14.2. The summed E-state index contributed by atoms with van der Waals surface area (Å²) in [5.74, 6) is 0. The average Bonchev–Trinajstić information content (AvgIpc) is 2.64. The van der Waals surface area contributed by atoms with E-state index in [2.05, 4.69) is 15.9 Å². The van der Waals surface area contributed by atoms with Crippen LogP contribution in [0.2, 0.25) is 10.0 Å². The summed E-state index contributed by atoms with van der Waals surface area (Å²) < 4.78 is 78.3. The Morgan fingerprint density at radius 3 is 1.91 bits per heavy atom. The van der Waals surface area contributed by atoms with Crippen LogP contribution in [0.1, 0.15) is 11.3 Å². The molecule has 0 saturated carbocycles. The maximum absolute atomic E-state index is 13.1. The summed E-state index contributed by atoms with van der Waals surface area (Å²) in [4.78, 5) is 0. The van der Waals surface area contributed by atoms with Crippen molar-refractivity contribution in [2.24, 2.45) is 7.05 Å². The predicted octanol–water partition coefficient (Wildman–Crippen LogP) is 6.80. The van der Waals surface area contributed by atoms with E-state index in [-0.39, 0.29) is 21.3 Å². The SMILES string of the molecule is Cn1c(-c2ccc(Cl)c(Cl)c2)c(Br)c(C(F)(F)F)c1C(F)(F)F. The maximum Gasteiger partial charge on any atom is 0.432 e. The molecule has 1 aromatic carbocycles. The molecule has 1 aromatic heterocycles. The van der Waals surface area contributed by atoms with E-state index in [1.807, 2.05) is 0 Å². The largest absolute Gasteiger partial charge is 0.432 e. The van der Waals surface area contributed by atoms with Gasteiger partial charge in [-0.1, -0.05) is 29.3 Å². The quantitative estimate of drug-likeness (QED) is 0.430. The van der Waals surface area contributed by atoms with Crippen molar-refractivity contribution in [2.75, 3.05) is 0 Å². The molecule has 0 aliphatic heterocycles. The number of halogens is 9. The summed E-state index contributed by atoms with van der Waals surface area (Å²) in [6.45, 7) is 0. The lowest BCUT2D eigenvalue weighted by Gasteiger charge is -2.13. The third-order valence-corrected chi connectivity index (χ3v) is 4.59. The van der Waals surface area contributed by atoms with Gasteiger partial charge in [0.05, 0.1) is 20.2 Å². The number of hydrogen-bond donors (Lipinski definition) is 0. The molecule has 2 rings (SSSR count). The van der Waals surface area contributed by atoms with Gasteiger partial charge in [-0.2, -0.15) is 26.3 Å². The van der Waals surface area contributed by atoms with Gasteiger partial charge in [0, 0.05) is 12.6 Å². The molecule has 0 spiro atoms. The standard InChI is InChI=1S/C13H6BrCl2F6N/c1-23-10(5-2-3-6(15)7(16)4-5)9(14)8(12(17,18)19)11(23)13(20,21)22/h2-4H,1H3. The van der Waals surface area contributed by atoms with E-state index in [0.717, 1.165) is 7.05 Å². The number of nitrogens with zero attached hydrogens (tertiary/aromatic N) is 1. The molecular weight excluding hydrogens is 435 g/mol. The van der Waals surface area contributed by atoms with Gasteiger partial charge in [-0.3, -0.25) is 0 Å². The molecule has 126 valence electrons. The first-order valence-electron chi connectivity index (χ1n) is 5.83. The van der Waals surface area contributed by atoms with Crippen LogP contribution < -0.4 is 0 Å². The normalized spacial score (nSPS) is 12.8. The van der Waals surface area contributed by atoms with Crippen molar-refractivity contribution in [3.8, 4) is 11.3 Å². The van der Waals surface area contributed by atoms with Gasteiger partial charge in [0.2, 0.25) is 0 Å². The minimum atomic E-state index is -5.18. The third kappa shape index (κ3) is 3.34. The van der Waals surface area contributed by atoms with Crippen LogP contribution in [-0.2, 0) is 19.4 Å². The number of hydrogen-bond acceptors (Lipinski definition) is 0. The third-order valence-electron chi connectivity index (χ3n) is 3.08. The summed E-state index contributed by atoms with van der Waals surface area (Å²) in [6.07, 6.45) is -10.4. The molecule has 0 aliphatic carbocycles. The molecule has 0 bridgehead atoms. The van der Waals surface area contributed by atoms with Gasteiger partial charge >= 0.3 is 12.4 Å². The topological polar surface area (TPSA) is 4.93 Å². The van der Waals surface area contributed by atoms with Gasteiger partial charge < -0.3 is 4.57 Å². The molecule has 1 nitrogen and oxygen atoms in total. The van der Waals surface area contributed by atoms with Crippen molar-refractivity contribution in [3.63, 3.8) is 0 Å². The van der Waals surface area contributed by atoms with Gasteiger partial charge in [0.25, 0.3) is 0 Å². The van der Waals surface area contributed by atoms with E-state index < -0.39 is 28.1 Å². The molecule has 0 saturated heterocycles. The van der Waals surface area contributed by atoms with Gasteiger partial charge in [0.1, 0.15) is 11.3 Å². The van der Waals surface area contributed by atoms with E-state index in [1.54, 1.807) is 0 Å². The summed E-state index contributed by atoms with van der Waals surface area (Å²) in [7, 11) is 0.903. The van der Waals surface area contributed by atoms with Gasteiger partial charge in [0.15, 0.2) is 0 Å². The van der Waals surface area contributed by atoms with Gasteiger partial charge in [-0.15, -0.1) is 0 Å². The lowest BCUT2D eigenvalue weighted by molar-refractivity contribution is -0.165. The number of aromatic nitrogens is 1.